The summed E-state index contributed by atoms with van der Waals surface area (Å²) >= 11 is 0. The summed E-state index contributed by atoms with van der Waals surface area (Å²) in [5, 5.41) is 2.84. The van der Waals surface area contributed by atoms with Crippen LogP contribution in [0.1, 0.15) is 11.1 Å². The second-order valence-corrected chi connectivity index (χ2v) is 5.99. The number of rotatable bonds is 7. The van der Waals surface area contributed by atoms with Crippen LogP contribution in [0.5, 0.6) is 28.7 Å². The van der Waals surface area contributed by atoms with Gasteiger partial charge >= 0.3 is 0 Å². The molecule has 0 spiro atoms. The number of amides is 1. The highest BCUT2D eigenvalue weighted by Gasteiger charge is 2.13. The second kappa shape index (κ2) is 9.03. The van der Waals surface area contributed by atoms with Crippen LogP contribution in [0.3, 0.4) is 0 Å². The van der Waals surface area contributed by atoms with Gasteiger partial charge in [0.15, 0.2) is 23.0 Å². The molecule has 7 heteroatoms. The maximum atomic E-state index is 12.2. The Balaban J connectivity index is 1.63. The van der Waals surface area contributed by atoms with Crippen LogP contribution in [0.4, 0.5) is 0 Å². The summed E-state index contributed by atoms with van der Waals surface area (Å²) < 4.78 is 27.0. The van der Waals surface area contributed by atoms with Crippen LogP contribution < -0.4 is 29.0 Å². The average Bonchev–Trinajstić information content (AvgIpc) is 2.75. The van der Waals surface area contributed by atoms with Crippen LogP contribution in [0.15, 0.2) is 36.4 Å². The van der Waals surface area contributed by atoms with Crippen molar-refractivity contribution in [2.45, 2.75) is 6.54 Å². The molecule has 1 N–H and O–H groups in total. The second-order valence-electron chi connectivity index (χ2n) is 5.99. The highest BCUT2D eigenvalue weighted by molar-refractivity contribution is 5.91. The van der Waals surface area contributed by atoms with E-state index in [1.165, 1.54) is 6.08 Å². The van der Waals surface area contributed by atoms with Gasteiger partial charge in [0.25, 0.3) is 0 Å². The van der Waals surface area contributed by atoms with E-state index in [1.54, 1.807) is 39.5 Å². The molecular weight excluding hydrogens is 362 g/mol. The zero-order chi connectivity index (χ0) is 19.9. The molecule has 1 aliphatic heterocycles. The lowest BCUT2D eigenvalue weighted by Gasteiger charge is -2.18. The van der Waals surface area contributed by atoms with Gasteiger partial charge in [-0.15, -0.1) is 0 Å². The quantitative estimate of drug-likeness (QED) is 0.739. The van der Waals surface area contributed by atoms with Crippen LogP contribution in [0, 0.1) is 0 Å². The Bertz CT molecular complexity index is 852. The van der Waals surface area contributed by atoms with Gasteiger partial charge in [-0.1, -0.05) is 6.07 Å². The smallest absolute Gasteiger partial charge is 0.244 e. The van der Waals surface area contributed by atoms with Crippen LogP contribution >= 0.6 is 0 Å². The highest BCUT2D eigenvalue weighted by atomic mass is 16.6. The molecule has 0 unspecified atom stereocenters. The SMILES string of the molecule is COc1cc(CNC(=O)/C=C/c2ccc3c(c2)OCCO3)cc(OC)c1OC. The third kappa shape index (κ3) is 4.49. The van der Waals surface area contributed by atoms with Crippen LogP contribution in [0.25, 0.3) is 6.08 Å². The predicted octanol–water partition coefficient (Wildman–Crippen LogP) is 2.81. The summed E-state index contributed by atoms with van der Waals surface area (Å²) in [5.74, 6) is 2.78. The third-order valence-electron chi connectivity index (χ3n) is 4.18. The number of carbonyl (C=O) groups excluding carboxylic acids is 1. The largest absolute Gasteiger partial charge is 0.493 e. The van der Waals surface area contributed by atoms with E-state index in [9.17, 15) is 4.79 Å². The fourth-order valence-electron chi connectivity index (χ4n) is 2.82. The molecule has 0 fully saturated rings. The van der Waals surface area contributed by atoms with Crippen molar-refractivity contribution >= 4 is 12.0 Å². The fourth-order valence-corrected chi connectivity index (χ4v) is 2.82. The number of hydrogen-bond acceptors (Lipinski definition) is 6. The Morgan fingerprint density at radius 1 is 1.00 bits per heavy atom. The standard InChI is InChI=1S/C21H23NO6/c1-24-18-11-15(12-19(25-2)21(18)26-3)13-22-20(23)7-5-14-4-6-16-17(10-14)28-9-8-27-16/h4-7,10-12H,8-9,13H2,1-3H3,(H,22,23)/b7-5+. The van der Waals surface area contributed by atoms with Gasteiger partial charge in [-0.25, -0.2) is 0 Å². The summed E-state index contributed by atoms with van der Waals surface area (Å²) in [7, 11) is 4.65. The van der Waals surface area contributed by atoms with Gasteiger partial charge in [0.05, 0.1) is 21.3 Å². The molecular formula is C21H23NO6. The topological polar surface area (TPSA) is 75.3 Å². The van der Waals surface area contributed by atoms with Crippen molar-refractivity contribution in [2.24, 2.45) is 0 Å². The van der Waals surface area contributed by atoms with Crippen molar-refractivity contribution in [1.82, 2.24) is 5.32 Å². The number of ether oxygens (including phenoxy) is 5. The minimum Gasteiger partial charge on any atom is -0.493 e. The number of benzene rings is 2. The molecule has 0 saturated carbocycles. The minimum atomic E-state index is -0.219. The molecule has 1 aliphatic rings. The van der Waals surface area contributed by atoms with Crippen molar-refractivity contribution < 1.29 is 28.5 Å². The Hall–Kier alpha value is -3.35. The first kappa shape index (κ1) is 19.4. The van der Waals surface area contributed by atoms with E-state index in [4.69, 9.17) is 23.7 Å². The van der Waals surface area contributed by atoms with Gasteiger partial charge in [-0.05, 0) is 41.5 Å². The van der Waals surface area contributed by atoms with E-state index in [1.807, 2.05) is 18.2 Å². The van der Waals surface area contributed by atoms with Gasteiger partial charge in [-0.2, -0.15) is 0 Å². The Morgan fingerprint density at radius 3 is 2.32 bits per heavy atom. The van der Waals surface area contributed by atoms with E-state index >= 15 is 0 Å². The van der Waals surface area contributed by atoms with E-state index < -0.39 is 0 Å². The molecule has 0 aromatic heterocycles. The Kier molecular flexibility index (Phi) is 6.26. The predicted molar refractivity (Wildman–Crippen MR) is 104 cm³/mol. The van der Waals surface area contributed by atoms with Gasteiger partial charge in [0.1, 0.15) is 13.2 Å². The average molecular weight is 385 g/mol. The summed E-state index contributed by atoms with van der Waals surface area (Å²) in [6.07, 6.45) is 3.20. The molecule has 2 aromatic carbocycles. The minimum absolute atomic E-state index is 0.219. The van der Waals surface area contributed by atoms with Crippen molar-refractivity contribution in [3.05, 3.63) is 47.5 Å². The van der Waals surface area contributed by atoms with E-state index in [0.29, 0.717) is 42.8 Å². The van der Waals surface area contributed by atoms with Crippen molar-refractivity contribution in [3.8, 4) is 28.7 Å². The van der Waals surface area contributed by atoms with Gasteiger partial charge < -0.3 is 29.0 Å². The lowest BCUT2D eigenvalue weighted by Crippen LogP contribution is -2.20. The zero-order valence-corrected chi connectivity index (χ0v) is 16.1. The molecule has 28 heavy (non-hydrogen) atoms. The molecule has 2 aromatic rings. The Labute approximate surface area is 163 Å². The fraction of sp³-hybridized carbons (Fsp3) is 0.286. The lowest BCUT2D eigenvalue weighted by atomic mass is 10.1. The van der Waals surface area contributed by atoms with Crippen LogP contribution in [-0.4, -0.2) is 40.5 Å². The molecule has 148 valence electrons. The summed E-state index contributed by atoms with van der Waals surface area (Å²) in [5.41, 5.74) is 1.68. The van der Waals surface area contributed by atoms with E-state index in [2.05, 4.69) is 5.32 Å². The first-order chi connectivity index (χ1) is 13.6. The number of hydrogen-bond donors (Lipinski definition) is 1. The number of nitrogens with one attached hydrogen (secondary N) is 1. The molecule has 0 radical (unpaired) electrons. The molecule has 3 rings (SSSR count). The highest BCUT2D eigenvalue weighted by Crippen LogP contribution is 2.38. The maximum absolute atomic E-state index is 12.2. The molecule has 0 saturated heterocycles. The van der Waals surface area contributed by atoms with Crippen molar-refractivity contribution in [2.75, 3.05) is 34.5 Å². The van der Waals surface area contributed by atoms with Gasteiger partial charge in [-0.3, -0.25) is 4.79 Å². The maximum Gasteiger partial charge on any atom is 0.244 e. The molecule has 1 amide bonds. The molecule has 0 bridgehead atoms. The molecule has 7 nitrogen and oxygen atoms in total. The van der Waals surface area contributed by atoms with Crippen LogP contribution in [-0.2, 0) is 11.3 Å². The molecule has 0 atom stereocenters. The lowest BCUT2D eigenvalue weighted by molar-refractivity contribution is -0.116. The summed E-state index contributed by atoms with van der Waals surface area (Å²) in [6, 6.07) is 9.15. The van der Waals surface area contributed by atoms with E-state index in [-0.39, 0.29) is 5.91 Å². The first-order valence-corrected chi connectivity index (χ1v) is 8.79. The normalized spacial score (nSPS) is 12.5. The monoisotopic (exact) mass is 385 g/mol. The Morgan fingerprint density at radius 2 is 1.68 bits per heavy atom. The van der Waals surface area contributed by atoms with Crippen molar-refractivity contribution in [3.63, 3.8) is 0 Å². The zero-order valence-electron chi connectivity index (χ0n) is 16.1. The summed E-state index contributed by atoms with van der Waals surface area (Å²) in [4.78, 5) is 12.2. The molecule has 0 aliphatic carbocycles. The number of fused-ring (bicyclic) bond motifs is 1. The third-order valence-corrected chi connectivity index (χ3v) is 4.18. The van der Waals surface area contributed by atoms with Gasteiger partial charge in [0, 0.05) is 12.6 Å². The van der Waals surface area contributed by atoms with Crippen LogP contribution in [0.2, 0.25) is 0 Å². The molecule has 1 heterocycles. The number of carbonyl (C=O) groups is 1. The summed E-state index contributed by atoms with van der Waals surface area (Å²) in [6.45, 7) is 1.39. The number of methoxy groups -OCH3 is 3. The first-order valence-electron chi connectivity index (χ1n) is 8.79. The van der Waals surface area contributed by atoms with Gasteiger partial charge in [0.2, 0.25) is 11.7 Å². The van der Waals surface area contributed by atoms with E-state index in [0.717, 1.165) is 16.9 Å². The van der Waals surface area contributed by atoms with Crippen molar-refractivity contribution in [1.29, 1.82) is 0 Å².